The molecule has 1 N–H and O–H groups in total. The number of benzene rings is 2. The van der Waals surface area contributed by atoms with Gasteiger partial charge in [0.15, 0.2) is 6.10 Å². The summed E-state index contributed by atoms with van der Waals surface area (Å²) < 4.78 is 6.14. The third-order valence-corrected chi connectivity index (χ3v) is 4.90. The molecule has 1 unspecified atom stereocenters. The fourth-order valence-corrected chi connectivity index (χ4v) is 3.63. The van der Waals surface area contributed by atoms with E-state index in [4.69, 9.17) is 27.9 Å². The molecule has 0 fully saturated rings. The van der Waals surface area contributed by atoms with Gasteiger partial charge in [0.05, 0.1) is 10.2 Å². The number of carbonyl (C=O) groups is 2. The topological polar surface area (TPSA) is 68.3 Å². The van der Waals surface area contributed by atoms with Crippen molar-refractivity contribution in [3.05, 3.63) is 63.6 Å². The second-order valence-electron chi connectivity index (χ2n) is 5.58. The van der Waals surface area contributed by atoms with Crippen LogP contribution in [0.1, 0.15) is 11.9 Å². The van der Waals surface area contributed by atoms with Gasteiger partial charge in [0.2, 0.25) is 0 Å². The number of fused-ring (bicyclic) bond motifs is 1. The summed E-state index contributed by atoms with van der Waals surface area (Å²) in [7, 11) is 0. The maximum Gasteiger partial charge on any atom is 0.331 e. The fraction of sp³-hybridized carbons (Fsp3) is 0.105. The molecule has 1 aromatic heterocycles. The van der Waals surface area contributed by atoms with Crippen LogP contribution in [0.2, 0.25) is 10.0 Å². The van der Waals surface area contributed by atoms with Crippen molar-refractivity contribution in [2.24, 2.45) is 0 Å². The van der Waals surface area contributed by atoms with Crippen LogP contribution in [-0.4, -0.2) is 23.0 Å². The molecule has 3 aromatic rings. The largest absolute Gasteiger partial charge is 0.449 e. The van der Waals surface area contributed by atoms with Crippen LogP contribution in [0.25, 0.3) is 16.3 Å². The quantitative estimate of drug-likeness (QED) is 0.455. The molecule has 0 aliphatic carbocycles. The first-order valence-corrected chi connectivity index (χ1v) is 9.49. The van der Waals surface area contributed by atoms with E-state index in [9.17, 15) is 9.59 Å². The molecule has 1 amide bonds. The molecule has 0 aliphatic heterocycles. The monoisotopic (exact) mass is 420 g/mol. The summed E-state index contributed by atoms with van der Waals surface area (Å²) in [6.45, 7) is 1.48. The third-order valence-electron chi connectivity index (χ3n) is 3.46. The fourth-order valence-electron chi connectivity index (χ4n) is 2.24. The second-order valence-corrected chi connectivity index (χ2v) is 7.51. The Bertz CT molecular complexity index is 979. The normalized spacial score (nSPS) is 12.3. The van der Waals surface area contributed by atoms with E-state index >= 15 is 0 Å². The number of rotatable bonds is 5. The van der Waals surface area contributed by atoms with Gasteiger partial charge in [-0.15, -0.1) is 11.3 Å². The van der Waals surface area contributed by atoms with E-state index in [0.717, 1.165) is 10.2 Å². The molecule has 0 saturated heterocycles. The van der Waals surface area contributed by atoms with Gasteiger partial charge in [0, 0.05) is 21.8 Å². The molecule has 0 bridgehead atoms. The van der Waals surface area contributed by atoms with Crippen LogP contribution in [0, 0.1) is 0 Å². The smallest absolute Gasteiger partial charge is 0.331 e. The highest BCUT2D eigenvalue weighted by Gasteiger charge is 2.17. The van der Waals surface area contributed by atoms with E-state index in [1.807, 2.05) is 24.3 Å². The number of carbonyl (C=O) groups excluding carboxylic acids is 2. The van der Waals surface area contributed by atoms with E-state index in [0.29, 0.717) is 20.7 Å². The van der Waals surface area contributed by atoms with Gasteiger partial charge in [-0.2, -0.15) is 0 Å². The number of amides is 1. The highest BCUT2D eigenvalue weighted by atomic mass is 35.5. The summed E-state index contributed by atoms with van der Waals surface area (Å²) in [6, 6.07) is 12.3. The first kappa shape index (κ1) is 19.4. The predicted molar refractivity (Wildman–Crippen MR) is 109 cm³/mol. The zero-order valence-electron chi connectivity index (χ0n) is 14.1. The number of hydrogen-bond acceptors (Lipinski definition) is 5. The van der Waals surface area contributed by atoms with Crippen LogP contribution >= 0.6 is 34.5 Å². The minimum Gasteiger partial charge on any atom is -0.449 e. The van der Waals surface area contributed by atoms with Crippen LogP contribution in [0.5, 0.6) is 0 Å². The van der Waals surface area contributed by atoms with Gasteiger partial charge in [-0.05, 0) is 43.3 Å². The standard InChI is InChI=1S/C19H14Cl2N2O3S/c1-11(19(25)22-14-9-12(20)8-13(21)10-14)26-18(24)7-6-17-23-15-4-2-3-5-16(15)27-17/h2-11H,1H3,(H,22,25)/b7-6+. The van der Waals surface area contributed by atoms with Crippen LogP contribution < -0.4 is 5.32 Å². The van der Waals surface area contributed by atoms with E-state index in [1.54, 1.807) is 24.3 Å². The van der Waals surface area contributed by atoms with Crippen molar-refractivity contribution in [3.63, 3.8) is 0 Å². The zero-order valence-corrected chi connectivity index (χ0v) is 16.4. The average molecular weight is 421 g/mol. The van der Waals surface area contributed by atoms with E-state index in [2.05, 4.69) is 10.3 Å². The Balaban J connectivity index is 1.58. The number of halogens is 2. The maximum atomic E-state index is 12.2. The molecule has 0 saturated carbocycles. The maximum absolute atomic E-state index is 12.2. The predicted octanol–water partition coefficient (Wildman–Crippen LogP) is 5.19. The summed E-state index contributed by atoms with van der Waals surface area (Å²) >= 11 is 13.2. The highest BCUT2D eigenvalue weighted by molar-refractivity contribution is 7.19. The number of nitrogens with zero attached hydrogens (tertiary/aromatic N) is 1. The Labute approximate surface area is 169 Å². The van der Waals surface area contributed by atoms with Gasteiger partial charge in [0.1, 0.15) is 5.01 Å². The number of esters is 1. The SMILES string of the molecule is CC(OC(=O)/C=C/c1nc2ccccc2s1)C(=O)Nc1cc(Cl)cc(Cl)c1. The number of aromatic nitrogens is 1. The third kappa shape index (κ3) is 5.29. The van der Waals surface area contributed by atoms with Crippen LogP contribution in [0.3, 0.4) is 0 Å². The summed E-state index contributed by atoms with van der Waals surface area (Å²) in [6.07, 6.45) is 1.82. The Morgan fingerprint density at radius 1 is 1.19 bits per heavy atom. The average Bonchev–Trinajstić information content (AvgIpc) is 3.02. The molecule has 1 atom stereocenters. The van der Waals surface area contributed by atoms with Gasteiger partial charge in [-0.25, -0.2) is 9.78 Å². The number of ether oxygens (including phenoxy) is 1. The number of hydrogen-bond donors (Lipinski definition) is 1. The molecule has 1 heterocycles. The van der Waals surface area contributed by atoms with Gasteiger partial charge in [-0.3, -0.25) is 4.79 Å². The lowest BCUT2D eigenvalue weighted by atomic mass is 10.3. The summed E-state index contributed by atoms with van der Waals surface area (Å²) in [5, 5.41) is 4.06. The molecule has 8 heteroatoms. The van der Waals surface area contributed by atoms with Crippen molar-refractivity contribution < 1.29 is 14.3 Å². The summed E-state index contributed by atoms with van der Waals surface area (Å²) in [4.78, 5) is 28.5. The van der Waals surface area contributed by atoms with Crippen molar-refractivity contribution in [3.8, 4) is 0 Å². The Kier molecular flexibility index (Phi) is 6.11. The van der Waals surface area contributed by atoms with Crippen LogP contribution in [0.15, 0.2) is 48.5 Å². The lowest BCUT2D eigenvalue weighted by Crippen LogP contribution is -2.29. The van der Waals surface area contributed by atoms with E-state index < -0.39 is 18.0 Å². The zero-order chi connectivity index (χ0) is 19.4. The molecule has 3 rings (SSSR count). The Hall–Kier alpha value is -2.41. The van der Waals surface area contributed by atoms with E-state index in [1.165, 1.54) is 24.3 Å². The lowest BCUT2D eigenvalue weighted by Gasteiger charge is -2.12. The highest BCUT2D eigenvalue weighted by Crippen LogP contribution is 2.23. The van der Waals surface area contributed by atoms with Crippen molar-refractivity contribution >= 4 is 68.4 Å². The minimum absolute atomic E-state index is 0.390. The van der Waals surface area contributed by atoms with Crippen LogP contribution in [0.4, 0.5) is 5.69 Å². The number of thiazole rings is 1. The molecule has 5 nitrogen and oxygen atoms in total. The second kappa shape index (κ2) is 8.52. The molecular weight excluding hydrogens is 407 g/mol. The summed E-state index contributed by atoms with van der Waals surface area (Å²) in [5.41, 5.74) is 1.29. The number of anilines is 1. The van der Waals surface area contributed by atoms with Gasteiger partial charge < -0.3 is 10.1 Å². The lowest BCUT2D eigenvalue weighted by molar-refractivity contribution is -0.148. The van der Waals surface area contributed by atoms with E-state index in [-0.39, 0.29) is 0 Å². The molecule has 27 heavy (non-hydrogen) atoms. The molecule has 0 spiro atoms. The number of nitrogens with one attached hydrogen (secondary N) is 1. The van der Waals surface area contributed by atoms with Gasteiger partial charge in [0.25, 0.3) is 5.91 Å². The first-order chi connectivity index (χ1) is 12.9. The molecule has 0 aliphatic rings. The molecular formula is C19H14Cl2N2O3S. The molecule has 2 aromatic carbocycles. The van der Waals surface area contributed by atoms with Gasteiger partial charge >= 0.3 is 5.97 Å². The van der Waals surface area contributed by atoms with Crippen molar-refractivity contribution in [1.82, 2.24) is 4.98 Å². The van der Waals surface area contributed by atoms with Crippen molar-refractivity contribution in [1.29, 1.82) is 0 Å². The first-order valence-electron chi connectivity index (χ1n) is 7.92. The number of para-hydroxylation sites is 1. The Morgan fingerprint density at radius 2 is 1.89 bits per heavy atom. The van der Waals surface area contributed by atoms with Crippen molar-refractivity contribution in [2.75, 3.05) is 5.32 Å². The Morgan fingerprint density at radius 3 is 2.59 bits per heavy atom. The van der Waals surface area contributed by atoms with Crippen molar-refractivity contribution in [2.45, 2.75) is 13.0 Å². The molecule has 0 radical (unpaired) electrons. The summed E-state index contributed by atoms with van der Waals surface area (Å²) in [5.74, 6) is -1.13. The minimum atomic E-state index is -0.990. The van der Waals surface area contributed by atoms with Crippen LogP contribution in [-0.2, 0) is 14.3 Å². The molecule has 138 valence electrons. The van der Waals surface area contributed by atoms with Gasteiger partial charge in [-0.1, -0.05) is 35.3 Å².